The van der Waals surface area contributed by atoms with Gasteiger partial charge in [0.1, 0.15) is 0 Å². The van der Waals surface area contributed by atoms with Gasteiger partial charge in [-0.1, -0.05) is 62.0 Å². The molecule has 2 heterocycles. The predicted octanol–water partition coefficient (Wildman–Crippen LogP) is 4.31. The molecule has 2 aromatic carbocycles. The van der Waals surface area contributed by atoms with E-state index < -0.39 is 9.84 Å². The number of para-hydroxylation sites is 2. The Kier molecular flexibility index (Phi) is 6.71. The highest BCUT2D eigenvalue weighted by Gasteiger charge is 2.35. The highest BCUT2D eigenvalue weighted by molar-refractivity contribution is 7.99. The molecule has 0 saturated carbocycles. The minimum atomic E-state index is -3.11. The third kappa shape index (κ3) is 4.91. The van der Waals surface area contributed by atoms with Crippen LogP contribution in [0, 0.1) is 0 Å². The minimum absolute atomic E-state index is 0.00862. The van der Waals surface area contributed by atoms with Gasteiger partial charge in [-0.3, -0.25) is 9.36 Å². The molecular formula is C24H27N3O3S2. The number of sulfone groups is 1. The van der Waals surface area contributed by atoms with Crippen LogP contribution in [0.2, 0.25) is 0 Å². The number of rotatable bonds is 7. The molecule has 0 bridgehead atoms. The summed E-state index contributed by atoms with van der Waals surface area (Å²) in [5, 5.41) is 0.735. The summed E-state index contributed by atoms with van der Waals surface area (Å²) in [5.41, 5.74) is 2.99. The number of nitrogens with zero attached hydrogens (tertiary/aromatic N) is 3. The monoisotopic (exact) mass is 469 g/mol. The minimum Gasteiger partial charge on any atom is -0.308 e. The number of hydrogen-bond donors (Lipinski definition) is 0. The van der Waals surface area contributed by atoms with Crippen LogP contribution in [-0.4, -0.2) is 47.2 Å². The van der Waals surface area contributed by atoms with Crippen molar-refractivity contribution in [3.05, 3.63) is 72.6 Å². The Hall–Kier alpha value is -2.58. The first-order chi connectivity index (χ1) is 15.4. The lowest BCUT2D eigenvalue weighted by atomic mass is 10.0. The summed E-state index contributed by atoms with van der Waals surface area (Å²) in [4.78, 5) is 19.5. The van der Waals surface area contributed by atoms with E-state index in [2.05, 4.69) is 31.0 Å². The summed E-state index contributed by atoms with van der Waals surface area (Å²) < 4.78 is 26.2. The predicted molar refractivity (Wildman–Crippen MR) is 129 cm³/mol. The van der Waals surface area contributed by atoms with Crippen molar-refractivity contribution in [3.63, 3.8) is 0 Å². The molecule has 0 radical (unpaired) electrons. The van der Waals surface area contributed by atoms with E-state index in [1.165, 1.54) is 17.3 Å². The largest absolute Gasteiger partial charge is 0.308 e. The Balaban J connectivity index is 1.56. The number of thioether (sulfide) groups is 1. The van der Waals surface area contributed by atoms with Gasteiger partial charge in [-0.25, -0.2) is 13.4 Å². The Morgan fingerprint density at radius 3 is 2.56 bits per heavy atom. The van der Waals surface area contributed by atoms with E-state index in [1.54, 1.807) is 11.1 Å². The van der Waals surface area contributed by atoms with Crippen molar-refractivity contribution in [3.8, 4) is 5.69 Å². The van der Waals surface area contributed by atoms with Gasteiger partial charge >= 0.3 is 0 Å². The molecule has 1 aliphatic rings. The summed E-state index contributed by atoms with van der Waals surface area (Å²) in [6.07, 6.45) is 4.11. The molecule has 4 rings (SSSR count). The first kappa shape index (κ1) is 22.6. The van der Waals surface area contributed by atoms with Gasteiger partial charge in [0.25, 0.3) is 0 Å². The smallest absolute Gasteiger partial charge is 0.237 e. The van der Waals surface area contributed by atoms with Gasteiger partial charge in [-0.15, -0.1) is 0 Å². The second kappa shape index (κ2) is 9.50. The van der Waals surface area contributed by atoms with E-state index in [4.69, 9.17) is 0 Å². The average Bonchev–Trinajstić information content (AvgIpc) is 3.39. The number of imidazole rings is 1. The van der Waals surface area contributed by atoms with E-state index in [0.29, 0.717) is 12.3 Å². The lowest BCUT2D eigenvalue weighted by molar-refractivity contribution is -0.116. The van der Waals surface area contributed by atoms with Crippen molar-refractivity contribution in [2.75, 3.05) is 22.2 Å². The van der Waals surface area contributed by atoms with Crippen LogP contribution in [-0.2, 0) is 14.6 Å². The maximum atomic E-state index is 13.3. The fourth-order valence-corrected chi connectivity index (χ4v) is 6.62. The maximum Gasteiger partial charge on any atom is 0.237 e. The number of aromatic nitrogens is 2. The van der Waals surface area contributed by atoms with Crippen molar-refractivity contribution in [2.24, 2.45) is 0 Å². The van der Waals surface area contributed by atoms with Crippen molar-refractivity contribution >= 4 is 33.2 Å². The van der Waals surface area contributed by atoms with Crippen LogP contribution < -0.4 is 4.90 Å². The summed E-state index contributed by atoms with van der Waals surface area (Å²) in [6.45, 7) is 4.30. The van der Waals surface area contributed by atoms with Crippen LogP contribution in [0.5, 0.6) is 0 Å². The van der Waals surface area contributed by atoms with E-state index >= 15 is 0 Å². The number of carbonyl (C=O) groups excluding carboxylic acids is 1. The molecule has 32 heavy (non-hydrogen) atoms. The number of amides is 1. The van der Waals surface area contributed by atoms with Crippen molar-refractivity contribution in [1.82, 2.24) is 9.55 Å². The number of carbonyl (C=O) groups is 1. The molecule has 1 aromatic heterocycles. The van der Waals surface area contributed by atoms with Crippen LogP contribution in [0.25, 0.3) is 5.69 Å². The molecule has 1 atom stereocenters. The van der Waals surface area contributed by atoms with E-state index in [-0.39, 0.29) is 29.2 Å². The number of benzene rings is 2. The van der Waals surface area contributed by atoms with Gasteiger partial charge in [0.15, 0.2) is 15.0 Å². The van der Waals surface area contributed by atoms with Crippen LogP contribution in [0.1, 0.15) is 31.7 Å². The van der Waals surface area contributed by atoms with Gasteiger partial charge in [-0.2, -0.15) is 0 Å². The zero-order chi connectivity index (χ0) is 22.7. The van der Waals surface area contributed by atoms with Crippen LogP contribution in [0.4, 0.5) is 5.69 Å². The second-order valence-corrected chi connectivity index (χ2v) is 11.4. The molecule has 168 valence electrons. The molecule has 0 aliphatic carbocycles. The lowest BCUT2D eigenvalue weighted by Crippen LogP contribution is -2.42. The molecule has 1 aliphatic heterocycles. The summed E-state index contributed by atoms with van der Waals surface area (Å²) in [5.74, 6) is 0.541. The molecule has 0 spiro atoms. The molecule has 0 N–H and O–H groups in total. The molecule has 8 heteroatoms. The molecule has 1 saturated heterocycles. The van der Waals surface area contributed by atoms with Crippen LogP contribution in [0.15, 0.2) is 72.1 Å². The van der Waals surface area contributed by atoms with E-state index in [0.717, 1.165) is 16.5 Å². The molecule has 6 nitrogen and oxygen atoms in total. The quantitative estimate of drug-likeness (QED) is 0.482. The van der Waals surface area contributed by atoms with Crippen molar-refractivity contribution < 1.29 is 13.2 Å². The summed E-state index contributed by atoms with van der Waals surface area (Å²) in [7, 11) is -3.11. The molecule has 3 aromatic rings. The topological polar surface area (TPSA) is 72.3 Å². The van der Waals surface area contributed by atoms with Gasteiger partial charge in [0.2, 0.25) is 5.91 Å². The average molecular weight is 470 g/mol. The normalized spacial score (nSPS) is 17.5. The Morgan fingerprint density at radius 2 is 1.88 bits per heavy atom. The third-order valence-electron chi connectivity index (χ3n) is 5.63. The van der Waals surface area contributed by atoms with Gasteiger partial charge in [0, 0.05) is 18.1 Å². The van der Waals surface area contributed by atoms with E-state index in [9.17, 15) is 13.2 Å². The number of anilines is 1. The summed E-state index contributed by atoms with van der Waals surface area (Å²) in [6, 6.07) is 17.2. The van der Waals surface area contributed by atoms with Gasteiger partial charge < -0.3 is 4.90 Å². The zero-order valence-electron chi connectivity index (χ0n) is 18.2. The Labute approximate surface area is 193 Å². The van der Waals surface area contributed by atoms with Crippen LogP contribution in [0.3, 0.4) is 0 Å². The first-order valence-corrected chi connectivity index (χ1v) is 13.5. The zero-order valence-corrected chi connectivity index (χ0v) is 19.8. The SMILES string of the molecule is CC(C)c1ccccc1-n1ccnc1SCC(=O)N(c1ccccc1)[C@H]1CCS(=O)(=O)C1. The third-order valence-corrected chi connectivity index (χ3v) is 8.33. The van der Waals surface area contributed by atoms with Gasteiger partial charge in [-0.05, 0) is 36.1 Å². The Bertz CT molecular complexity index is 1190. The molecular weight excluding hydrogens is 442 g/mol. The fraction of sp³-hybridized carbons (Fsp3) is 0.333. The highest BCUT2D eigenvalue weighted by Crippen LogP contribution is 2.29. The standard InChI is InChI=1S/C24H27N3O3S2/c1-18(2)21-10-6-7-11-22(21)26-14-13-25-24(26)31-16-23(28)27(19-8-4-3-5-9-19)20-12-15-32(29,30)17-20/h3-11,13-14,18,20H,12,15-17H2,1-2H3/t20-/m0/s1. The lowest BCUT2D eigenvalue weighted by Gasteiger charge is -2.28. The van der Waals surface area contributed by atoms with Gasteiger partial charge in [0.05, 0.1) is 29.0 Å². The second-order valence-electron chi connectivity index (χ2n) is 8.24. The fourth-order valence-electron chi connectivity index (χ4n) is 4.10. The Morgan fingerprint density at radius 1 is 1.16 bits per heavy atom. The highest BCUT2D eigenvalue weighted by atomic mass is 32.2. The number of hydrogen-bond acceptors (Lipinski definition) is 5. The maximum absolute atomic E-state index is 13.3. The summed E-state index contributed by atoms with van der Waals surface area (Å²) >= 11 is 1.37. The van der Waals surface area contributed by atoms with Crippen molar-refractivity contribution in [2.45, 2.75) is 37.4 Å². The van der Waals surface area contributed by atoms with E-state index in [1.807, 2.05) is 53.2 Å². The molecule has 0 unspecified atom stereocenters. The molecule has 1 fully saturated rings. The molecule has 1 amide bonds. The first-order valence-electron chi connectivity index (χ1n) is 10.7. The van der Waals surface area contributed by atoms with Crippen molar-refractivity contribution in [1.29, 1.82) is 0 Å². The van der Waals surface area contributed by atoms with Crippen LogP contribution >= 0.6 is 11.8 Å².